The molecule has 5 heteroatoms. The molecule has 1 rings (SSSR count). The first-order valence-corrected chi connectivity index (χ1v) is 6.03. The van der Waals surface area contributed by atoms with E-state index in [1.54, 1.807) is 0 Å². The van der Waals surface area contributed by atoms with Gasteiger partial charge in [-0.05, 0) is 19.4 Å². The summed E-state index contributed by atoms with van der Waals surface area (Å²) in [6, 6.07) is 9.29. The smallest absolute Gasteiger partial charge is 0.364 e. The van der Waals surface area contributed by atoms with Crippen LogP contribution in [0.15, 0.2) is 30.3 Å². The summed E-state index contributed by atoms with van der Waals surface area (Å²) >= 11 is -1.74. The molecule has 0 amide bonds. The van der Waals surface area contributed by atoms with Crippen molar-refractivity contribution in [2.75, 3.05) is 0 Å². The van der Waals surface area contributed by atoms with Crippen molar-refractivity contribution in [1.29, 1.82) is 0 Å². The number of rotatable bonds is 4. The summed E-state index contributed by atoms with van der Waals surface area (Å²) in [6.07, 6.45) is 0. The summed E-state index contributed by atoms with van der Waals surface area (Å²) in [5, 5.41) is 5.21. The molecule has 16 heavy (non-hydrogen) atoms. The summed E-state index contributed by atoms with van der Waals surface area (Å²) in [7, 11) is 0. The van der Waals surface area contributed by atoms with Crippen molar-refractivity contribution in [3.8, 4) is 0 Å². The Balaban J connectivity index is 2.54. The lowest BCUT2D eigenvalue weighted by molar-refractivity contribution is -0.147. The number of carbonyl (C=O) groups is 1. The van der Waals surface area contributed by atoms with E-state index in [2.05, 4.69) is 0 Å². The van der Waals surface area contributed by atoms with Gasteiger partial charge in [0.25, 0.3) is 0 Å². The van der Waals surface area contributed by atoms with Gasteiger partial charge < -0.3 is 9.29 Å². The van der Waals surface area contributed by atoms with Crippen LogP contribution >= 0.6 is 0 Å². The highest BCUT2D eigenvalue weighted by atomic mass is 32.2. The summed E-state index contributed by atoms with van der Waals surface area (Å²) in [6.45, 7) is 3.16. The zero-order chi connectivity index (χ0) is 12.2. The molecule has 0 heterocycles. The second-order valence-electron chi connectivity index (χ2n) is 3.87. The van der Waals surface area contributed by atoms with Crippen LogP contribution in [0.2, 0.25) is 0 Å². The van der Waals surface area contributed by atoms with Gasteiger partial charge in [0.2, 0.25) is 4.75 Å². The molecule has 0 fully saturated rings. The van der Waals surface area contributed by atoms with Crippen LogP contribution in [-0.4, -0.2) is 15.3 Å². The monoisotopic (exact) mass is 241 g/mol. The molecule has 1 aromatic carbocycles. The number of nitrogens with two attached hydrogens (primary N) is 1. The normalized spacial score (nSPS) is 13.2. The fourth-order valence-corrected chi connectivity index (χ4v) is 1.20. The molecule has 0 aliphatic carbocycles. The van der Waals surface area contributed by atoms with Gasteiger partial charge in [-0.2, -0.15) is 5.14 Å². The Bertz CT molecular complexity index is 352. The first kappa shape index (κ1) is 13.0. The van der Waals surface area contributed by atoms with Gasteiger partial charge in [0, 0.05) is 0 Å². The van der Waals surface area contributed by atoms with Crippen LogP contribution in [-0.2, 0) is 27.5 Å². The highest BCUT2D eigenvalue weighted by Crippen LogP contribution is 2.16. The Morgan fingerprint density at radius 3 is 2.50 bits per heavy atom. The van der Waals surface area contributed by atoms with Gasteiger partial charge >= 0.3 is 5.97 Å². The Morgan fingerprint density at radius 2 is 2.00 bits per heavy atom. The average molecular weight is 241 g/mol. The van der Waals surface area contributed by atoms with Gasteiger partial charge in [-0.25, -0.2) is 4.79 Å². The molecule has 0 spiro atoms. The number of ether oxygens (including phenoxy) is 1. The molecule has 0 aromatic heterocycles. The highest BCUT2D eigenvalue weighted by molar-refractivity contribution is 7.91. The molecule has 2 N–H and O–H groups in total. The molecule has 0 saturated heterocycles. The van der Waals surface area contributed by atoms with Crippen molar-refractivity contribution in [2.24, 2.45) is 5.14 Å². The molecule has 1 aromatic rings. The van der Waals surface area contributed by atoms with Crippen molar-refractivity contribution < 1.29 is 14.1 Å². The quantitative estimate of drug-likeness (QED) is 0.633. The highest BCUT2D eigenvalue weighted by Gasteiger charge is 2.40. The molecule has 1 atom stereocenters. The Labute approximate surface area is 98.1 Å². The molecular formula is C11H15NO3S. The summed E-state index contributed by atoms with van der Waals surface area (Å²) in [5.74, 6) is -0.558. The number of hydrogen-bond donors (Lipinski definition) is 1. The van der Waals surface area contributed by atoms with E-state index in [1.165, 1.54) is 13.8 Å². The third-order valence-electron chi connectivity index (χ3n) is 2.21. The Kier molecular flexibility index (Phi) is 4.35. The standard InChI is InChI=1S/C11H15NO3S/c1-11(2,16(12)14)10(13)15-8-9-6-4-3-5-7-9/h3-7H,8,12H2,1-2H3/t16-/m0/s1. The van der Waals surface area contributed by atoms with E-state index >= 15 is 0 Å². The van der Waals surface area contributed by atoms with Gasteiger partial charge in [0.05, 0.1) is 11.4 Å². The zero-order valence-corrected chi connectivity index (χ0v) is 10.1. The summed E-state index contributed by atoms with van der Waals surface area (Å²) in [4.78, 5) is 11.6. The van der Waals surface area contributed by atoms with Crippen LogP contribution in [0.5, 0.6) is 0 Å². The second-order valence-corrected chi connectivity index (χ2v) is 5.48. The van der Waals surface area contributed by atoms with Gasteiger partial charge in [-0.1, -0.05) is 30.3 Å². The molecule has 0 unspecified atom stereocenters. The summed E-state index contributed by atoms with van der Waals surface area (Å²) < 4.78 is 15.0. The lowest BCUT2D eigenvalue weighted by Gasteiger charge is -2.21. The maximum atomic E-state index is 11.6. The van der Waals surface area contributed by atoms with Crippen LogP contribution in [0, 0.1) is 0 Å². The molecule has 0 radical (unpaired) electrons. The second kappa shape index (κ2) is 5.34. The number of carbonyl (C=O) groups excluding carboxylic acids is 1. The van der Waals surface area contributed by atoms with E-state index in [-0.39, 0.29) is 6.61 Å². The largest absolute Gasteiger partial charge is 0.597 e. The number of esters is 1. The van der Waals surface area contributed by atoms with Crippen molar-refractivity contribution in [2.45, 2.75) is 25.2 Å². The molecule has 0 bridgehead atoms. The van der Waals surface area contributed by atoms with Gasteiger partial charge in [0.1, 0.15) is 6.61 Å². The molecule has 4 nitrogen and oxygen atoms in total. The number of hydrogen-bond acceptors (Lipinski definition) is 4. The van der Waals surface area contributed by atoms with Crippen LogP contribution in [0.3, 0.4) is 0 Å². The van der Waals surface area contributed by atoms with Gasteiger partial charge in [0.15, 0.2) is 0 Å². The van der Waals surface area contributed by atoms with E-state index in [0.29, 0.717) is 0 Å². The van der Waals surface area contributed by atoms with Crippen LogP contribution in [0.1, 0.15) is 19.4 Å². The predicted octanol–water partition coefficient (Wildman–Crippen LogP) is 1.13. The van der Waals surface area contributed by atoms with E-state index in [1.807, 2.05) is 30.3 Å². The zero-order valence-electron chi connectivity index (χ0n) is 9.30. The van der Waals surface area contributed by atoms with Crippen molar-refractivity contribution in [3.05, 3.63) is 35.9 Å². The predicted molar refractivity (Wildman–Crippen MR) is 62.6 cm³/mol. The molecule has 0 saturated carbocycles. The van der Waals surface area contributed by atoms with E-state index in [9.17, 15) is 9.35 Å². The fourth-order valence-electron chi connectivity index (χ4n) is 0.979. The maximum absolute atomic E-state index is 11.6. The van der Waals surface area contributed by atoms with Crippen LogP contribution in [0.25, 0.3) is 0 Å². The summed E-state index contributed by atoms with van der Waals surface area (Å²) in [5.41, 5.74) is 0.884. The van der Waals surface area contributed by atoms with Gasteiger partial charge in [-0.15, -0.1) is 0 Å². The molecular weight excluding hydrogens is 226 g/mol. The van der Waals surface area contributed by atoms with Crippen molar-refractivity contribution in [3.63, 3.8) is 0 Å². The van der Waals surface area contributed by atoms with Crippen LogP contribution < -0.4 is 5.14 Å². The first-order chi connectivity index (χ1) is 7.44. The van der Waals surface area contributed by atoms with E-state index in [0.717, 1.165) is 5.56 Å². The van der Waals surface area contributed by atoms with E-state index in [4.69, 9.17) is 9.88 Å². The Hall–Kier alpha value is -1.04. The van der Waals surface area contributed by atoms with E-state index < -0.39 is 22.1 Å². The third-order valence-corrected chi connectivity index (χ3v) is 3.38. The lowest BCUT2D eigenvalue weighted by atomic mass is 10.2. The van der Waals surface area contributed by atoms with Crippen molar-refractivity contribution >= 4 is 17.3 Å². The fraction of sp³-hybridized carbons (Fsp3) is 0.364. The minimum Gasteiger partial charge on any atom is -0.597 e. The minimum absolute atomic E-state index is 0.167. The topological polar surface area (TPSA) is 75.4 Å². The molecule has 0 aliphatic heterocycles. The SMILES string of the molecule is CC(C)(C(=O)OCc1ccccc1)[S@@+](N)[O-]. The van der Waals surface area contributed by atoms with Crippen LogP contribution in [0.4, 0.5) is 0 Å². The molecule has 0 aliphatic rings. The minimum atomic E-state index is -1.74. The average Bonchev–Trinajstić information content (AvgIpc) is 2.27. The molecule has 88 valence electrons. The third kappa shape index (κ3) is 3.23. The number of benzene rings is 1. The Morgan fingerprint density at radius 1 is 1.44 bits per heavy atom. The van der Waals surface area contributed by atoms with Gasteiger partial charge in [-0.3, -0.25) is 0 Å². The maximum Gasteiger partial charge on any atom is 0.364 e. The van der Waals surface area contributed by atoms with Crippen molar-refractivity contribution in [1.82, 2.24) is 0 Å². The lowest BCUT2D eigenvalue weighted by Crippen LogP contribution is -2.45. The first-order valence-electron chi connectivity index (χ1n) is 4.82.